The summed E-state index contributed by atoms with van der Waals surface area (Å²) in [7, 11) is 0. The molecular weight excluding hydrogens is 254 g/mol. The van der Waals surface area contributed by atoms with Crippen molar-refractivity contribution in [1.29, 1.82) is 0 Å². The van der Waals surface area contributed by atoms with Gasteiger partial charge < -0.3 is 0 Å². The Hall–Kier alpha value is -0.220. The summed E-state index contributed by atoms with van der Waals surface area (Å²) >= 11 is 8.22. The van der Waals surface area contributed by atoms with Gasteiger partial charge in [-0.3, -0.25) is 4.57 Å². The van der Waals surface area contributed by atoms with Crippen molar-refractivity contribution in [1.82, 2.24) is 14.8 Å². The predicted octanol–water partition coefficient (Wildman–Crippen LogP) is 3.66. The van der Waals surface area contributed by atoms with Crippen molar-refractivity contribution in [3.05, 3.63) is 11.1 Å². The molecule has 94 valence electrons. The third-order valence-electron chi connectivity index (χ3n) is 3.93. The molecular formula is C12H18ClN3S. The van der Waals surface area contributed by atoms with Crippen LogP contribution in [0.25, 0.3) is 0 Å². The first-order chi connectivity index (χ1) is 8.31. The molecule has 0 bridgehead atoms. The Morgan fingerprint density at radius 1 is 1.18 bits per heavy atom. The molecule has 17 heavy (non-hydrogen) atoms. The zero-order valence-corrected chi connectivity index (χ0v) is 11.7. The van der Waals surface area contributed by atoms with Crippen LogP contribution in [-0.4, -0.2) is 26.3 Å². The van der Waals surface area contributed by atoms with Crippen molar-refractivity contribution in [3.63, 3.8) is 0 Å². The van der Waals surface area contributed by atoms with Crippen LogP contribution in [0.3, 0.4) is 0 Å². The van der Waals surface area contributed by atoms with Crippen molar-refractivity contribution in [2.45, 2.75) is 55.7 Å². The van der Waals surface area contributed by atoms with Gasteiger partial charge >= 0.3 is 0 Å². The SMILES string of the molecule is CSC1CCCCC1n1c(Cl)nnc1C1CC1. The molecule has 2 atom stereocenters. The molecule has 0 amide bonds. The van der Waals surface area contributed by atoms with Crippen LogP contribution in [0.2, 0.25) is 5.28 Å². The minimum atomic E-state index is 0.511. The highest BCUT2D eigenvalue weighted by Crippen LogP contribution is 2.44. The second-order valence-corrected chi connectivity index (χ2v) is 6.51. The molecule has 2 fully saturated rings. The Labute approximate surface area is 111 Å². The van der Waals surface area contributed by atoms with Gasteiger partial charge in [-0.2, -0.15) is 11.8 Å². The minimum absolute atomic E-state index is 0.511. The number of hydrogen-bond acceptors (Lipinski definition) is 3. The van der Waals surface area contributed by atoms with Gasteiger partial charge in [0.15, 0.2) is 0 Å². The number of hydrogen-bond donors (Lipinski definition) is 0. The zero-order valence-electron chi connectivity index (χ0n) is 10.1. The monoisotopic (exact) mass is 271 g/mol. The van der Waals surface area contributed by atoms with Gasteiger partial charge in [0.25, 0.3) is 0 Å². The highest BCUT2D eigenvalue weighted by molar-refractivity contribution is 7.99. The van der Waals surface area contributed by atoms with Gasteiger partial charge in [0.1, 0.15) is 5.82 Å². The van der Waals surface area contributed by atoms with Crippen molar-refractivity contribution < 1.29 is 0 Å². The van der Waals surface area contributed by atoms with E-state index in [1.54, 1.807) is 0 Å². The van der Waals surface area contributed by atoms with E-state index in [4.69, 9.17) is 11.6 Å². The van der Waals surface area contributed by atoms with Gasteiger partial charge in [0.2, 0.25) is 5.28 Å². The Bertz CT molecular complexity index is 402. The molecule has 0 spiro atoms. The molecule has 0 N–H and O–H groups in total. The molecule has 0 aliphatic heterocycles. The fraction of sp³-hybridized carbons (Fsp3) is 0.833. The van der Waals surface area contributed by atoms with Gasteiger partial charge in [-0.25, -0.2) is 0 Å². The summed E-state index contributed by atoms with van der Waals surface area (Å²) in [4.78, 5) is 0. The van der Waals surface area contributed by atoms with E-state index in [-0.39, 0.29) is 0 Å². The van der Waals surface area contributed by atoms with Gasteiger partial charge in [-0.05, 0) is 43.5 Å². The number of nitrogens with zero attached hydrogens (tertiary/aromatic N) is 3. The lowest BCUT2D eigenvalue weighted by atomic mass is 9.94. The zero-order chi connectivity index (χ0) is 11.8. The molecule has 2 aliphatic carbocycles. The molecule has 1 aromatic rings. The topological polar surface area (TPSA) is 30.7 Å². The molecule has 3 rings (SSSR count). The van der Waals surface area contributed by atoms with Crippen LogP contribution in [0, 0.1) is 0 Å². The smallest absolute Gasteiger partial charge is 0.225 e. The summed E-state index contributed by atoms with van der Waals surface area (Å²) in [5, 5.41) is 9.66. The molecule has 2 aliphatic rings. The summed E-state index contributed by atoms with van der Waals surface area (Å²) < 4.78 is 2.24. The van der Waals surface area contributed by atoms with Gasteiger partial charge in [0, 0.05) is 17.2 Å². The maximum atomic E-state index is 6.25. The van der Waals surface area contributed by atoms with E-state index in [0.717, 1.165) is 5.82 Å². The highest BCUT2D eigenvalue weighted by Gasteiger charge is 2.35. The van der Waals surface area contributed by atoms with Gasteiger partial charge in [0.05, 0.1) is 0 Å². The van der Waals surface area contributed by atoms with Crippen molar-refractivity contribution in [2.24, 2.45) is 0 Å². The summed E-state index contributed by atoms with van der Waals surface area (Å²) in [6.45, 7) is 0. The number of halogens is 1. The molecule has 2 saturated carbocycles. The Balaban J connectivity index is 1.92. The molecule has 5 heteroatoms. The lowest BCUT2D eigenvalue weighted by Crippen LogP contribution is -2.26. The molecule has 3 nitrogen and oxygen atoms in total. The Morgan fingerprint density at radius 2 is 1.94 bits per heavy atom. The summed E-state index contributed by atoms with van der Waals surface area (Å²) in [5.41, 5.74) is 0. The molecule has 0 saturated heterocycles. The first-order valence-electron chi connectivity index (χ1n) is 6.44. The lowest BCUT2D eigenvalue weighted by Gasteiger charge is -2.32. The van der Waals surface area contributed by atoms with Crippen LogP contribution in [0.5, 0.6) is 0 Å². The summed E-state index contributed by atoms with van der Waals surface area (Å²) in [6, 6.07) is 0.511. The molecule has 1 heterocycles. The number of rotatable bonds is 3. The second-order valence-electron chi connectivity index (χ2n) is 5.10. The normalized spacial score (nSPS) is 29.5. The third-order valence-corrected chi connectivity index (χ3v) is 5.34. The van der Waals surface area contributed by atoms with Gasteiger partial charge in [-0.15, -0.1) is 10.2 Å². The van der Waals surface area contributed by atoms with Crippen molar-refractivity contribution >= 4 is 23.4 Å². The van der Waals surface area contributed by atoms with Crippen LogP contribution in [-0.2, 0) is 0 Å². The quantitative estimate of drug-likeness (QED) is 0.841. The van der Waals surface area contributed by atoms with E-state index in [0.29, 0.717) is 22.5 Å². The average molecular weight is 272 g/mol. The predicted molar refractivity (Wildman–Crippen MR) is 71.8 cm³/mol. The highest BCUT2D eigenvalue weighted by atomic mass is 35.5. The Morgan fingerprint density at radius 3 is 2.65 bits per heavy atom. The van der Waals surface area contributed by atoms with E-state index >= 15 is 0 Å². The maximum Gasteiger partial charge on any atom is 0.225 e. The third kappa shape index (κ3) is 2.22. The standard InChI is InChI=1S/C12H18ClN3S/c1-17-10-5-3-2-4-9(10)16-11(8-6-7-8)14-15-12(16)13/h8-10H,2-7H2,1H3. The van der Waals surface area contributed by atoms with Crippen LogP contribution in [0.1, 0.15) is 56.3 Å². The minimum Gasteiger partial charge on any atom is -0.297 e. The van der Waals surface area contributed by atoms with Crippen molar-refractivity contribution in [2.75, 3.05) is 6.26 Å². The van der Waals surface area contributed by atoms with Crippen LogP contribution in [0.15, 0.2) is 0 Å². The summed E-state index contributed by atoms with van der Waals surface area (Å²) in [6.07, 6.45) is 9.89. The Kier molecular flexibility index (Phi) is 3.35. The molecule has 0 aromatic carbocycles. The second kappa shape index (κ2) is 4.81. The molecule has 0 radical (unpaired) electrons. The fourth-order valence-electron chi connectivity index (χ4n) is 2.86. The maximum absolute atomic E-state index is 6.25. The van der Waals surface area contributed by atoms with E-state index < -0.39 is 0 Å². The lowest BCUT2D eigenvalue weighted by molar-refractivity contribution is 0.357. The van der Waals surface area contributed by atoms with Crippen molar-refractivity contribution in [3.8, 4) is 0 Å². The number of thioether (sulfide) groups is 1. The number of aromatic nitrogens is 3. The van der Waals surface area contributed by atoms with Crippen LogP contribution in [0.4, 0.5) is 0 Å². The first kappa shape index (κ1) is 11.8. The van der Waals surface area contributed by atoms with E-state index in [1.165, 1.54) is 38.5 Å². The average Bonchev–Trinajstić information content (AvgIpc) is 3.13. The molecule has 2 unspecified atom stereocenters. The van der Waals surface area contributed by atoms with E-state index in [2.05, 4.69) is 21.0 Å². The summed E-state index contributed by atoms with van der Waals surface area (Å²) in [5.74, 6) is 1.76. The first-order valence-corrected chi connectivity index (χ1v) is 8.11. The van der Waals surface area contributed by atoms with Crippen LogP contribution < -0.4 is 0 Å². The van der Waals surface area contributed by atoms with E-state index in [1.807, 2.05) is 11.8 Å². The molecule has 1 aromatic heterocycles. The van der Waals surface area contributed by atoms with Crippen LogP contribution >= 0.6 is 23.4 Å². The largest absolute Gasteiger partial charge is 0.297 e. The van der Waals surface area contributed by atoms with E-state index in [9.17, 15) is 0 Å². The fourth-order valence-corrected chi connectivity index (χ4v) is 4.08. The van der Waals surface area contributed by atoms with Gasteiger partial charge in [-0.1, -0.05) is 12.8 Å².